The summed E-state index contributed by atoms with van der Waals surface area (Å²) in [6, 6.07) is 5.83. The molecule has 0 radical (unpaired) electrons. The highest BCUT2D eigenvalue weighted by Gasteiger charge is 2.18. The number of aryl methyl sites for hydroxylation is 1. The molecule has 1 aliphatic heterocycles. The lowest BCUT2D eigenvalue weighted by molar-refractivity contribution is -0.125. The first-order valence-corrected chi connectivity index (χ1v) is 6.41. The minimum atomic E-state index is -0.0802. The Labute approximate surface area is 113 Å². The molecule has 0 saturated carbocycles. The van der Waals surface area contributed by atoms with Crippen LogP contribution in [0, 0.1) is 13.8 Å². The van der Waals surface area contributed by atoms with Gasteiger partial charge in [-0.2, -0.15) is 0 Å². The van der Waals surface area contributed by atoms with Crippen molar-refractivity contribution in [1.82, 2.24) is 10.2 Å². The van der Waals surface area contributed by atoms with Crippen LogP contribution in [0.4, 0.5) is 5.69 Å². The Morgan fingerprint density at radius 1 is 1.42 bits per heavy atom. The number of carbonyl (C=O) groups excluding carboxylic acids is 2. The topological polar surface area (TPSA) is 61.4 Å². The second-order valence-electron chi connectivity index (χ2n) is 4.86. The van der Waals surface area contributed by atoms with Gasteiger partial charge in [0.15, 0.2) is 0 Å². The van der Waals surface area contributed by atoms with Crippen molar-refractivity contribution in [2.75, 3.05) is 31.5 Å². The number of carbonyl (C=O) groups is 2. The van der Waals surface area contributed by atoms with Gasteiger partial charge >= 0.3 is 0 Å². The molecule has 5 heteroatoms. The van der Waals surface area contributed by atoms with Crippen LogP contribution in [0.3, 0.4) is 0 Å². The van der Waals surface area contributed by atoms with E-state index in [2.05, 4.69) is 10.6 Å². The van der Waals surface area contributed by atoms with Crippen LogP contribution in [0.1, 0.15) is 11.1 Å². The smallest absolute Gasteiger partial charge is 0.238 e. The van der Waals surface area contributed by atoms with Crippen LogP contribution in [0.5, 0.6) is 0 Å². The average Bonchev–Trinajstić information content (AvgIpc) is 2.35. The van der Waals surface area contributed by atoms with Crippen molar-refractivity contribution in [2.24, 2.45) is 0 Å². The number of benzene rings is 1. The van der Waals surface area contributed by atoms with Gasteiger partial charge in [-0.3, -0.25) is 14.5 Å². The second kappa shape index (κ2) is 5.84. The molecule has 2 amide bonds. The SMILES string of the molecule is Cc1cccc(NC(=O)CN2CCNC(=O)C2)c1C. The van der Waals surface area contributed by atoms with Crippen molar-refractivity contribution in [3.63, 3.8) is 0 Å². The Morgan fingerprint density at radius 2 is 2.21 bits per heavy atom. The largest absolute Gasteiger partial charge is 0.354 e. The van der Waals surface area contributed by atoms with E-state index in [4.69, 9.17) is 0 Å². The molecule has 0 unspecified atom stereocenters. The normalized spacial score (nSPS) is 16.0. The average molecular weight is 261 g/mol. The summed E-state index contributed by atoms with van der Waals surface area (Å²) in [6.45, 7) is 5.86. The molecular formula is C14H19N3O2. The highest BCUT2D eigenvalue weighted by molar-refractivity contribution is 5.93. The minimum absolute atomic E-state index is 0.0224. The Bertz CT molecular complexity index is 499. The van der Waals surface area contributed by atoms with E-state index in [-0.39, 0.29) is 18.4 Å². The molecule has 2 rings (SSSR count). The molecule has 1 aromatic rings. The first-order chi connectivity index (χ1) is 9.06. The van der Waals surface area contributed by atoms with Gasteiger partial charge in [-0.05, 0) is 31.0 Å². The van der Waals surface area contributed by atoms with Gasteiger partial charge in [0.25, 0.3) is 0 Å². The molecule has 0 aromatic heterocycles. The van der Waals surface area contributed by atoms with Crippen LogP contribution in [0.25, 0.3) is 0 Å². The molecule has 2 N–H and O–H groups in total. The van der Waals surface area contributed by atoms with Gasteiger partial charge in [0, 0.05) is 18.8 Å². The van der Waals surface area contributed by atoms with Crippen molar-refractivity contribution >= 4 is 17.5 Å². The van der Waals surface area contributed by atoms with Gasteiger partial charge in [-0.1, -0.05) is 12.1 Å². The predicted octanol–water partition coefficient (Wildman–Crippen LogP) is 0.674. The summed E-state index contributed by atoms with van der Waals surface area (Å²) in [5.41, 5.74) is 3.06. The molecule has 19 heavy (non-hydrogen) atoms. The summed E-state index contributed by atoms with van der Waals surface area (Å²) >= 11 is 0. The van der Waals surface area contributed by atoms with Crippen molar-refractivity contribution in [2.45, 2.75) is 13.8 Å². The second-order valence-corrected chi connectivity index (χ2v) is 4.86. The standard InChI is InChI=1S/C14H19N3O2/c1-10-4-3-5-12(11(10)2)16-14(19)9-17-7-6-15-13(18)8-17/h3-5H,6-9H2,1-2H3,(H,15,18)(H,16,19). The Hall–Kier alpha value is -1.88. The van der Waals surface area contributed by atoms with E-state index in [0.29, 0.717) is 19.6 Å². The first-order valence-electron chi connectivity index (χ1n) is 6.41. The van der Waals surface area contributed by atoms with E-state index in [1.807, 2.05) is 36.9 Å². The maximum Gasteiger partial charge on any atom is 0.238 e. The Morgan fingerprint density at radius 3 is 2.95 bits per heavy atom. The van der Waals surface area contributed by atoms with Crippen molar-refractivity contribution in [3.8, 4) is 0 Å². The summed E-state index contributed by atoms with van der Waals surface area (Å²) in [4.78, 5) is 25.0. The van der Waals surface area contributed by atoms with Gasteiger partial charge in [0.2, 0.25) is 11.8 Å². The maximum absolute atomic E-state index is 12.0. The third kappa shape index (κ3) is 3.54. The predicted molar refractivity (Wildman–Crippen MR) is 74.0 cm³/mol. The molecule has 0 spiro atoms. The van der Waals surface area contributed by atoms with Crippen molar-refractivity contribution in [3.05, 3.63) is 29.3 Å². The molecule has 1 aromatic carbocycles. The summed E-state index contributed by atoms with van der Waals surface area (Å²) in [6.07, 6.45) is 0. The van der Waals surface area contributed by atoms with Crippen LogP contribution < -0.4 is 10.6 Å². The molecule has 5 nitrogen and oxygen atoms in total. The van der Waals surface area contributed by atoms with Crippen LogP contribution in [-0.4, -0.2) is 42.9 Å². The molecule has 102 valence electrons. The third-order valence-electron chi connectivity index (χ3n) is 3.36. The molecule has 1 heterocycles. The number of nitrogens with one attached hydrogen (secondary N) is 2. The van der Waals surface area contributed by atoms with Gasteiger partial charge < -0.3 is 10.6 Å². The monoisotopic (exact) mass is 261 g/mol. The highest BCUT2D eigenvalue weighted by Crippen LogP contribution is 2.17. The fraction of sp³-hybridized carbons (Fsp3) is 0.429. The molecule has 1 aliphatic rings. The van der Waals surface area contributed by atoms with Gasteiger partial charge in [0.1, 0.15) is 0 Å². The number of rotatable bonds is 3. The molecular weight excluding hydrogens is 242 g/mol. The van der Waals surface area contributed by atoms with Crippen molar-refractivity contribution in [1.29, 1.82) is 0 Å². The quantitative estimate of drug-likeness (QED) is 0.841. The number of piperazine rings is 1. The molecule has 0 bridgehead atoms. The van der Waals surface area contributed by atoms with Gasteiger partial charge in [-0.15, -0.1) is 0 Å². The summed E-state index contributed by atoms with van der Waals surface area (Å²) in [5.74, 6) is -0.103. The zero-order valence-corrected chi connectivity index (χ0v) is 11.3. The van der Waals surface area contributed by atoms with Crippen LogP contribution in [-0.2, 0) is 9.59 Å². The zero-order valence-electron chi connectivity index (χ0n) is 11.3. The number of amides is 2. The number of nitrogens with zero attached hydrogens (tertiary/aromatic N) is 1. The van der Waals surface area contributed by atoms with E-state index in [1.54, 1.807) is 0 Å². The fourth-order valence-corrected chi connectivity index (χ4v) is 2.11. The van der Waals surface area contributed by atoms with E-state index in [9.17, 15) is 9.59 Å². The minimum Gasteiger partial charge on any atom is -0.354 e. The highest BCUT2D eigenvalue weighted by atomic mass is 16.2. The number of hydrogen-bond acceptors (Lipinski definition) is 3. The fourth-order valence-electron chi connectivity index (χ4n) is 2.11. The van der Waals surface area contributed by atoms with Crippen LogP contribution >= 0.6 is 0 Å². The number of hydrogen-bond donors (Lipinski definition) is 2. The van der Waals surface area contributed by atoms with E-state index in [0.717, 1.165) is 16.8 Å². The molecule has 1 saturated heterocycles. The Balaban J connectivity index is 1.94. The Kier molecular flexibility index (Phi) is 4.16. The van der Waals surface area contributed by atoms with Crippen molar-refractivity contribution < 1.29 is 9.59 Å². The summed E-state index contributed by atoms with van der Waals surface area (Å²) in [5, 5.41) is 5.64. The molecule has 0 atom stereocenters. The summed E-state index contributed by atoms with van der Waals surface area (Å²) < 4.78 is 0. The zero-order chi connectivity index (χ0) is 13.8. The first kappa shape index (κ1) is 13.5. The lowest BCUT2D eigenvalue weighted by Gasteiger charge is -2.25. The number of anilines is 1. The molecule has 1 fully saturated rings. The summed E-state index contributed by atoms with van der Waals surface area (Å²) in [7, 11) is 0. The van der Waals surface area contributed by atoms with Crippen LogP contribution in [0.2, 0.25) is 0 Å². The maximum atomic E-state index is 12.0. The van der Waals surface area contributed by atoms with E-state index < -0.39 is 0 Å². The van der Waals surface area contributed by atoms with Gasteiger partial charge in [0.05, 0.1) is 13.1 Å². The third-order valence-corrected chi connectivity index (χ3v) is 3.36. The lowest BCUT2D eigenvalue weighted by atomic mass is 10.1. The lowest BCUT2D eigenvalue weighted by Crippen LogP contribution is -2.49. The van der Waals surface area contributed by atoms with Crippen LogP contribution in [0.15, 0.2) is 18.2 Å². The van der Waals surface area contributed by atoms with Gasteiger partial charge in [-0.25, -0.2) is 0 Å². The van der Waals surface area contributed by atoms with E-state index in [1.165, 1.54) is 0 Å². The molecule has 0 aliphatic carbocycles. The van der Waals surface area contributed by atoms with E-state index >= 15 is 0 Å².